The van der Waals surface area contributed by atoms with E-state index in [0.29, 0.717) is 11.7 Å². The van der Waals surface area contributed by atoms with E-state index in [9.17, 15) is 5.11 Å². The number of thiazole rings is 1. The van der Waals surface area contributed by atoms with Crippen LogP contribution in [0.3, 0.4) is 0 Å². The molecule has 6 heteroatoms. The van der Waals surface area contributed by atoms with Crippen LogP contribution in [-0.2, 0) is 6.54 Å². The second-order valence-corrected chi connectivity index (χ2v) is 8.90. The molecule has 4 rings (SSSR count). The standard InChI is InChI=1S/C22H23BrN2O2S/c1-27-21-7-4-17(23)12-20(21)22-24-18(14-28-22)13-25-10-8-16(9-11-25)15-2-5-19(26)6-3-15/h2-7,12,14,16,26H,8-11,13H2,1H3. The summed E-state index contributed by atoms with van der Waals surface area (Å²) in [4.78, 5) is 7.34. The molecular weight excluding hydrogens is 436 g/mol. The lowest BCUT2D eigenvalue weighted by Crippen LogP contribution is -2.32. The molecule has 28 heavy (non-hydrogen) atoms. The summed E-state index contributed by atoms with van der Waals surface area (Å²) in [6, 6.07) is 13.7. The van der Waals surface area contributed by atoms with E-state index in [-0.39, 0.29) is 0 Å². The van der Waals surface area contributed by atoms with Crippen molar-refractivity contribution in [1.29, 1.82) is 0 Å². The maximum absolute atomic E-state index is 9.47. The van der Waals surface area contributed by atoms with Gasteiger partial charge in [-0.15, -0.1) is 11.3 Å². The minimum Gasteiger partial charge on any atom is -0.508 e. The van der Waals surface area contributed by atoms with Crippen LogP contribution in [0.5, 0.6) is 11.5 Å². The number of hydrogen-bond donors (Lipinski definition) is 1. The van der Waals surface area contributed by atoms with Gasteiger partial charge in [-0.25, -0.2) is 4.98 Å². The number of hydrogen-bond acceptors (Lipinski definition) is 5. The molecule has 146 valence electrons. The second-order valence-electron chi connectivity index (χ2n) is 7.13. The fourth-order valence-electron chi connectivity index (χ4n) is 3.75. The number of ether oxygens (including phenoxy) is 1. The number of piperidine rings is 1. The Hall–Kier alpha value is -1.89. The first-order valence-electron chi connectivity index (χ1n) is 9.42. The molecule has 4 nitrogen and oxygen atoms in total. The Labute approximate surface area is 177 Å². The normalized spacial score (nSPS) is 15.6. The summed E-state index contributed by atoms with van der Waals surface area (Å²) in [7, 11) is 1.69. The van der Waals surface area contributed by atoms with E-state index < -0.39 is 0 Å². The minimum atomic E-state index is 0.336. The third-order valence-electron chi connectivity index (χ3n) is 5.28. The molecule has 1 aliphatic rings. The predicted molar refractivity (Wildman–Crippen MR) is 117 cm³/mol. The van der Waals surface area contributed by atoms with Gasteiger partial charge in [-0.2, -0.15) is 0 Å². The van der Waals surface area contributed by atoms with Crippen molar-refractivity contribution in [2.24, 2.45) is 0 Å². The molecule has 0 atom stereocenters. The van der Waals surface area contributed by atoms with Crippen LogP contribution in [0.4, 0.5) is 0 Å². The molecule has 0 saturated carbocycles. The first kappa shape index (κ1) is 19.4. The zero-order chi connectivity index (χ0) is 19.5. The van der Waals surface area contributed by atoms with E-state index in [2.05, 4.69) is 32.3 Å². The number of benzene rings is 2. The van der Waals surface area contributed by atoms with Gasteiger partial charge in [0.1, 0.15) is 16.5 Å². The number of nitrogens with zero attached hydrogens (tertiary/aromatic N) is 2. The summed E-state index contributed by atoms with van der Waals surface area (Å²) < 4.78 is 6.52. The topological polar surface area (TPSA) is 45.6 Å². The molecule has 1 saturated heterocycles. The molecule has 0 amide bonds. The van der Waals surface area contributed by atoms with Gasteiger partial charge in [0.25, 0.3) is 0 Å². The van der Waals surface area contributed by atoms with Crippen LogP contribution >= 0.6 is 27.3 Å². The third kappa shape index (κ3) is 4.40. The monoisotopic (exact) mass is 458 g/mol. The predicted octanol–water partition coefficient (Wildman–Crippen LogP) is 5.67. The van der Waals surface area contributed by atoms with E-state index in [1.165, 1.54) is 5.56 Å². The average Bonchev–Trinajstić information content (AvgIpc) is 3.17. The smallest absolute Gasteiger partial charge is 0.129 e. The van der Waals surface area contributed by atoms with Crippen molar-refractivity contribution >= 4 is 27.3 Å². The van der Waals surface area contributed by atoms with Crippen LogP contribution in [0.25, 0.3) is 10.6 Å². The Bertz CT molecular complexity index is 934. The van der Waals surface area contributed by atoms with Gasteiger partial charge in [0.2, 0.25) is 0 Å². The molecule has 0 unspecified atom stereocenters. The molecule has 0 radical (unpaired) electrons. The van der Waals surface area contributed by atoms with Gasteiger partial charge in [-0.3, -0.25) is 4.90 Å². The van der Waals surface area contributed by atoms with Gasteiger partial charge in [0, 0.05) is 16.4 Å². The second kappa shape index (κ2) is 8.64. The lowest BCUT2D eigenvalue weighted by molar-refractivity contribution is 0.203. The summed E-state index contributed by atoms with van der Waals surface area (Å²) in [6.45, 7) is 3.02. The van der Waals surface area contributed by atoms with Gasteiger partial charge >= 0.3 is 0 Å². The number of methoxy groups -OCH3 is 1. The van der Waals surface area contributed by atoms with Gasteiger partial charge in [-0.1, -0.05) is 28.1 Å². The molecule has 2 aromatic carbocycles. The summed E-state index contributed by atoms with van der Waals surface area (Å²) in [5.41, 5.74) is 3.47. The number of aromatic hydroxyl groups is 1. The maximum Gasteiger partial charge on any atom is 0.129 e. The van der Waals surface area contributed by atoms with E-state index in [1.54, 1.807) is 30.6 Å². The molecule has 1 N–H and O–H groups in total. The average molecular weight is 459 g/mol. The van der Waals surface area contributed by atoms with Crippen molar-refractivity contribution in [1.82, 2.24) is 9.88 Å². The Morgan fingerprint density at radius 3 is 2.64 bits per heavy atom. The highest BCUT2D eigenvalue weighted by molar-refractivity contribution is 9.10. The number of phenolic OH excluding ortho intramolecular Hbond substituents is 1. The molecule has 0 spiro atoms. The Balaban J connectivity index is 1.39. The lowest BCUT2D eigenvalue weighted by Gasteiger charge is -2.31. The van der Waals surface area contributed by atoms with Crippen LogP contribution in [0, 0.1) is 0 Å². The van der Waals surface area contributed by atoms with Crippen LogP contribution in [0.2, 0.25) is 0 Å². The van der Waals surface area contributed by atoms with Crippen LogP contribution in [-0.4, -0.2) is 35.2 Å². The van der Waals surface area contributed by atoms with Crippen molar-refractivity contribution in [3.63, 3.8) is 0 Å². The maximum atomic E-state index is 9.47. The number of rotatable bonds is 5. The summed E-state index contributed by atoms with van der Waals surface area (Å²) in [5, 5.41) is 12.6. The van der Waals surface area contributed by atoms with E-state index >= 15 is 0 Å². The SMILES string of the molecule is COc1ccc(Br)cc1-c1nc(CN2CCC(c3ccc(O)cc3)CC2)cs1. The summed E-state index contributed by atoms with van der Waals surface area (Å²) >= 11 is 5.20. The van der Waals surface area contributed by atoms with E-state index in [1.807, 2.05) is 24.3 Å². The number of likely N-dealkylation sites (tertiary alicyclic amines) is 1. The largest absolute Gasteiger partial charge is 0.508 e. The van der Waals surface area contributed by atoms with Gasteiger partial charge in [0.05, 0.1) is 18.4 Å². The van der Waals surface area contributed by atoms with Gasteiger partial charge in [0.15, 0.2) is 0 Å². The fourth-order valence-corrected chi connectivity index (χ4v) is 4.94. The molecule has 1 aliphatic heterocycles. The molecule has 3 aromatic rings. The minimum absolute atomic E-state index is 0.336. The molecule has 1 fully saturated rings. The molecule has 2 heterocycles. The molecule has 1 aromatic heterocycles. The Kier molecular flexibility index (Phi) is 5.99. The third-order valence-corrected chi connectivity index (χ3v) is 6.70. The number of phenols is 1. The van der Waals surface area contributed by atoms with Crippen molar-refractivity contribution in [3.8, 4) is 22.1 Å². The van der Waals surface area contributed by atoms with Crippen LogP contribution < -0.4 is 4.74 Å². The van der Waals surface area contributed by atoms with Gasteiger partial charge < -0.3 is 9.84 Å². The summed E-state index contributed by atoms with van der Waals surface area (Å²) in [5.74, 6) is 1.76. The first-order chi connectivity index (χ1) is 13.6. The number of aromatic nitrogens is 1. The first-order valence-corrected chi connectivity index (χ1v) is 11.1. The Morgan fingerprint density at radius 2 is 1.93 bits per heavy atom. The van der Waals surface area contributed by atoms with Crippen molar-refractivity contribution < 1.29 is 9.84 Å². The zero-order valence-electron chi connectivity index (χ0n) is 15.8. The highest BCUT2D eigenvalue weighted by Gasteiger charge is 2.21. The molecule has 0 bridgehead atoms. The van der Waals surface area contributed by atoms with E-state index in [4.69, 9.17) is 9.72 Å². The highest BCUT2D eigenvalue weighted by atomic mass is 79.9. The lowest BCUT2D eigenvalue weighted by atomic mass is 9.89. The molecule has 0 aliphatic carbocycles. The van der Waals surface area contributed by atoms with Gasteiger partial charge in [-0.05, 0) is 67.7 Å². The van der Waals surface area contributed by atoms with E-state index in [0.717, 1.165) is 59.0 Å². The number of halogens is 1. The Morgan fingerprint density at radius 1 is 1.18 bits per heavy atom. The molecular formula is C22H23BrN2O2S. The zero-order valence-corrected chi connectivity index (χ0v) is 18.2. The van der Waals surface area contributed by atoms with Crippen LogP contribution in [0.1, 0.15) is 30.0 Å². The highest BCUT2D eigenvalue weighted by Crippen LogP contribution is 2.35. The van der Waals surface area contributed by atoms with Crippen molar-refractivity contribution in [3.05, 3.63) is 63.6 Å². The van der Waals surface area contributed by atoms with Crippen molar-refractivity contribution in [2.75, 3.05) is 20.2 Å². The van der Waals surface area contributed by atoms with Crippen molar-refractivity contribution in [2.45, 2.75) is 25.3 Å². The summed E-state index contributed by atoms with van der Waals surface area (Å²) in [6.07, 6.45) is 2.28. The fraction of sp³-hybridized carbons (Fsp3) is 0.318. The van der Waals surface area contributed by atoms with Crippen LogP contribution in [0.15, 0.2) is 52.3 Å². The quantitative estimate of drug-likeness (QED) is 0.534.